The first-order chi connectivity index (χ1) is 13.0. The van der Waals surface area contributed by atoms with Crippen LogP contribution in [0.5, 0.6) is 0 Å². The number of aromatic nitrogens is 1. The summed E-state index contributed by atoms with van der Waals surface area (Å²) in [6.07, 6.45) is 5.79. The molecule has 1 aromatic carbocycles. The highest BCUT2D eigenvalue weighted by Gasteiger charge is 2.40. The molecule has 0 aliphatic carbocycles. The van der Waals surface area contributed by atoms with Crippen molar-refractivity contribution in [1.82, 2.24) is 9.88 Å². The largest absolute Gasteiger partial charge is 0.335 e. The zero-order chi connectivity index (χ0) is 19.0. The maximum absolute atomic E-state index is 13.2. The highest BCUT2D eigenvalue weighted by Crippen LogP contribution is 2.35. The van der Waals surface area contributed by atoms with E-state index in [0.29, 0.717) is 6.54 Å². The molecule has 0 spiro atoms. The second-order valence-electron chi connectivity index (χ2n) is 7.31. The summed E-state index contributed by atoms with van der Waals surface area (Å²) in [5, 5.41) is 0. The van der Waals surface area contributed by atoms with Crippen LogP contribution in [0.15, 0.2) is 47.2 Å². The van der Waals surface area contributed by atoms with Gasteiger partial charge in [0.15, 0.2) is 0 Å². The van der Waals surface area contributed by atoms with Gasteiger partial charge in [-0.25, -0.2) is 0 Å². The molecule has 5 nitrogen and oxygen atoms in total. The zero-order valence-electron chi connectivity index (χ0n) is 15.3. The Morgan fingerprint density at radius 1 is 1.22 bits per heavy atom. The standard InChI is InChI=1S/C21H22BrN3O2/c1-14-11-17(4-5-18(14)22)25-13-16(12-20(25)26)21(27)24-10-2-3-19(24)15-6-8-23-9-7-15/h4-9,11,16,19H,2-3,10,12-13H2,1H3/t16-,19+/m1/s1. The van der Waals surface area contributed by atoms with Crippen LogP contribution >= 0.6 is 15.9 Å². The van der Waals surface area contributed by atoms with E-state index in [9.17, 15) is 9.59 Å². The summed E-state index contributed by atoms with van der Waals surface area (Å²) < 4.78 is 1.02. The number of benzene rings is 1. The van der Waals surface area contributed by atoms with Gasteiger partial charge in [0, 0.05) is 42.1 Å². The minimum atomic E-state index is -0.274. The molecule has 2 fully saturated rings. The number of rotatable bonds is 3. The van der Waals surface area contributed by atoms with Gasteiger partial charge in [-0.2, -0.15) is 0 Å². The summed E-state index contributed by atoms with van der Waals surface area (Å²) in [4.78, 5) is 33.6. The van der Waals surface area contributed by atoms with Crippen molar-refractivity contribution in [3.63, 3.8) is 0 Å². The van der Waals surface area contributed by atoms with Gasteiger partial charge in [-0.05, 0) is 61.2 Å². The van der Waals surface area contributed by atoms with Gasteiger partial charge in [0.1, 0.15) is 0 Å². The zero-order valence-corrected chi connectivity index (χ0v) is 16.9. The van der Waals surface area contributed by atoms with Crippen LogP contribution in [0, 0.1) is 12.8 Å². The fraction of sp³-hybridized carbons (Fsp3) is 0.381. The molecule has 2 aromatic rings. The average Bonchev–Trinajstić information content (AvgIpc) is 3.31. The average molecular weight is 428 g/mol. The predicted octanol–water partition coefficient (Wildman–Crippen LogP) is 3.87. The molecule has 0 radical (unpaired) electrons. The molecule has 0 saturated carbocycles. The van der Waals surface area contributed by atoms with Crippen LogP contribution in [-0.4, -0.2) is 34.8 Å². The molecule has 6 heteroatoms. The molecule has 0 unspecified atom stereocenters. The van der Waals surface area contributed by atoms with Gasteiger partial charge < -0.3 is 9.80 Å². The second-order valence-corrected chi connectivity index (χ2v) is 8.16. The number of hydrogen-bond acceptors (Lipinski definition) is 3. The molecule has 2 aliphatic rings. The molecule has 1 aromatic heterocycles. The Labute approximate surface area is 167 Å². The Hall–Kier alpha value is -2.21. The van der Waals surface area contributed by atoms with Gasteiger partial charge in [-0.1, -0.05) is 15.9 Å². The summed E-state index contributed by atoms with van der Waals surface area (Å²) in [5.74, 6) is -0.155. The lowest BCUT2D eigenvalue weighted by Gasteiger charge is -2.27. The van der Waals surface area contributed by atoms with Gasteiger partial charge in [-0.15, -0.1) is 0 Å². The van der Waals surface area contributed by atoms with E-state index in [1.54, 1.807) is 17.3 Å². The predicted molar refractivity (Wildman–Crippen MR) is 107 cm³/mol. The SMILES string of the molecule is Cc1cc(N2C[C@H](C(=O)N3CCC[C@H]3c3ccncc3)CC2=O)ccc1Br. The number of nitrogens with zero attached hydrogens (tertiary/aromatic N) is 3. The molecule has 2 aliphatic heterocycles. The number of anilines is 1. The van der Waals surface area contributed by atoms with E-state index < -0.39 is 0 Å². The summed E-state index contributed by atoms with van der Waals surface area (Å²) in [6, 6.07) is 9.93. The Kier molecular flexibility index (Phi) is 5.00. The number of pyridine rings is 1. The highest BCUT2D eigenvalue weighted by atomic mass is 79.9. The molecule has 2 saturated heterocycles. The molecular weight excluding hydrogens is 406 g/mol. The lowest BCUT2D eigenvalue weighted by Crippen LogP contribution is -2.37. The minimum absolute atomic E-state index is 0.0229. The number of carbonyl (C=O) groups is 2. The molecular formula is C21H22BrN3O2. The monoisotopic (exact) mass is 427 g/mol. The van der Waals surface area contributed by atoms with E-state index in [2.05, 4.69) is 20.9 Å². The molecule has 2 atom stereocenters. The van der Waals surface area contributed by atoms with Gasteiger partial charge in [0.2, 0.25) is 11.8 Å². The maximum atomic E-state index is 13.2. The molecule has 140 valence electrons. The van der Waals surface area contributed by atoms with E-state index in [1.165, 1.54) is 0 Å². The Bertz CT molecular complexity index is 871. The highest BCUT2D eigenvalue weighted by molar-refractivity contribution is 9.10. The summed E-state index contributed by atoms with van der Waals surface area (Å²) in [5.41, 5.74) is 3.07. The third-order valence-corrected chi connectivity index (χ3v) is 6.44. The smallest absolute Gasteiger partial charge is 0.228 e. The topological polar surface area (TPSA) is 53.5 Å². The molecule has 3 heterocycles. The molecule has 27 heavy (non-hydrogen) atoms. The lowest BCUT2D eigenvalue weighted by molar-refractivity contribution is -0.136. The van der Waals surface area contributed by atoms with Crippen molar-refractivity contribution in [2.75, 3.05) is 18.0 Å². The molecule has 4 rings (SSSR count). The fourth-order valence-corrected chi connectivity index (χ4v) is 4.36. The van der Waals surface area contributed by atoms with Crippen LogP contribution in [0.2, 0.25) is 0 Å². The first kappa shape index (κ1) is 18.2. The summed E-state index contributed by atoms with van der Waals surface area (Å²) in [7, 11) is 0. The van der Waals surface area contributed by atoms with E-state index >= 15 is 0 Å². The van der Waals surface area contributed by atoms with Crippen molar-refractivity contribution < 1.29 is 9.59 Å². The third kappa shape index (κ3) is 3.50. The first-order valence-corrected chi connectivity index (χ1v) is 10.1. The van der Waals surface area contributed by atoms with Gasteiger partial charge in [-0.3, -0.25) is 14.6 Å². The van der Waals surface area contributed by atoms with Crippen LogP contribution < -0.4 is 4.90 Å². The van der Waals surface area contributed by atoms with Crippen molar-refractivity contribution in [3.05, 3.63) is 58.3 Å². The van der Waals surface area contributed by atoms with Gasteiger partial charge >= 0.3 is 0 Å². The quantitative estimate of drug-likeness (QED) is 0.746. The van der Waals surface area contributed by atoms with Crippen LogP contribution in [0.25, 0.3) is 0 Å². The number of halogens is 1. The van der Waals surface area contributed by atoms with Crippen molar-refractivity contribution in [1.29, 1.82) is 0 Å². The molecule has 0 N–H and O–H groups in total. The van der Waals surface area contributed by atoms with Crippen molar-refractivity contribution in [3.8, 4) is 0 Å². The minimum Gasteiger partial charge on any atom is -0.335 e. The van der Waals surface area contributed by atoms with Crippen LogP contribution in [0.3, 0.4) is 0 Å². The number of hydrogen-bond donors (Lipinski definition) is 0. The normalized spacial score (nSPS) is 22.5. The van der Waals surface area contributed by atoms with Crippen LogP contribution in [0.1, 0.15) is 36.4 Å². The number of carbonyl (C=O) groups excluding carboxylic acids is 2. The summed E-state index contributed by atoms with van der Waals surface area (Å²) in [6.45, 7) is 3.21. The fourth-order valence-electron chi connectivity index (χ4n) is 4.12. The summed E-state index contributed by atoms with van der Waals surface area (Å²) >= 11 is 3.49. The Morgan fingerprint density at radius 3 is 2.74 bits per heavy atom. The molecule has 0 bridgehead atoms. The molecule has 2 amide bonds. The first-order valence-electron chi connectivity index (χ1n) is 9.31. The maximum Gasteiger partial charge on any atom is 0.228 e. The number of amides is 2. The van der Waals surface area contributed by atoms with E-state index in [0.717, 1.165) is 40.7 Å². The number of aryl methyl sites for hydroxylation is 1. The van der Waals surface area contributed by atoms with Crippen LogP contribution in [-0.2, 0) is 9.59 Å². The van der Waals surface area contributed by atoms with Gasteiger partial charge in [0.05, 0.1) is 12.0 Å². The van der Waals surface area contributed by atoms with Crippen LogP contribution in [0.4, 0.5) is 5.69 Å². The Morgan fingerprint density at radius 2 is 2.00 bits per heavy atom. The van der Waals surface area contributed by atoms with Crippen molar-refractivity contribution in [2.24, 2.45) is 5.92 Å². The second kappa shape index (κ2) is 7.43. The third-order valence-electron chi connectivity index (χ3n) is 5.55. The van der Waals surface area contributed by atoms with Gasteiger partial charge in [0.25, 0.3) is 0 Å². The van der Waals surface area contributed by atoms with E-state index in [4.69, 9.17) is 0 Å². The van der Waals surface area contributed by atoms with Crippen molar-refractivity contribution >= 4 is 33.4 Å². The Balaban J connectivity index is 1.51. The van der Waals surface area contributed by atoms with E-state index in [-0.39, 0.29) is 30.2 Å². The van der Waals surface area contributed by atoms with Crippen molar-refractivity contribution in [2.45, 2.75) is 32.2 Å². The lowest BCUT2D eigenvalue weighted by atomic mass is 10.0. The van der Waals surface area contributed by atoms with E-state index in [1.807, 2.05) is 42.2 Å². The number of likely N-dealkylation sites (tertiary alicyclic amines) is 1.